The lowest BCUT2D eigenvalue weighted by Crippen LogP contribution is -1.96. The SMILES string of the molecule is C=CCNc1cscc1C. The molecule has 10 heavy (non-hydrogen) atoms. The fourth-order valence-corrected chi connectivity index (χ4v) is 1.53. The molecule has 1 heterocycles. The van der Waals surface area contributed by atoms with Gasteiger partial charge >= 0.3 is 0 Å². The Hall–Kier alpha value is -0.760. The molecule has 2 heteroatoms. The standard InChI is InChI=1S/C8H11NS/c1-3-4-9-8-6-10-5-7(8)2/h3,5-6,9H,1,4H2,2H3. The van der Waals surface area contributed by atoms with E-state index in [1.165, 1.54) is 11.3 Å². The van der Waals surface area contributed by atoms with E-state index in [0.29, 0.717) is 0 Å². The molecule has 0 saturated carbocycles. The summed E-state index contributed by atoms with van der Waals surface area (Å²) >= 11 is 1.72. The molecule has 1 aromatic rings. The minimum Gasteiger partial charge on any atom is -0.381 e. The van der Waals surface area contributed by atoms with Crippen LogP contribution in [-0.2, 0) is 0 Å². The first-order valence-corrected chi connectivity index (χ1v) is 4.16. The topological polar surface area (TPSA) is 12.0 Å². The van der Waals surface area contributed by atoms with Crippen molar-refractivity contribution in [3.05, 3.63) is 29.0 Å². The number of thiophene rings is 1. The molecule has 0 atom stereocenters. The summed E-state index contributed by atoms with van der Waals surface area (Å²) in [4.78, 5) is 0. The molecule has 0 saturated heterocycles. The Kier molecular flexibility index (Phi) is 2.51. The summed E-state index contributed by atoms with van der Waals surface area (Å²) in [6, 6.07) is 0. The summed E-state index contributed by atoms with van der Waals surface area (Å²) in [5.41, 5.74) is 2.54. The van der Waals surface area contributed by atoms with Gasteiger partial charge in [-0.1, -0.05) is 6.08 Å². The van der Waals surface area contributed by atoms with E-state index in [-0.39, 0.29) is 0 Å². The molecular formula is C8H11NS. The van der Waals surface area contributed by atoms with Crippen LogP contribution in [0.2, 0.25) is 0 Å². The molecule has 1 N–H and O–H groups in total. The Morgan fingerprint density at radius 1 is 1.70 bits per heavy atom. The van der Waals surface area contributed by atoms with Crippen molar-refractivity contribution in [2.24, 2.45) is 0 Å². The molecule has 0 radical (unpaired) electrons. The molecule has 0 aliphatic heterocycles. The van der Waals surface area contributed by atoms with Gasteiger partial charge in [-0.25, -0.2) is 0 Å². The van der Waals surface area contributed by atoms with Gasteiger partial charge in [0.2, 0.25) is 0 Å². The predicted molar refractivity (Wildman–Crippen MR) is 47.7 cm³/mol. The molecule has 0 aromatic carbocycles. The molecule has 0 unspecified atom stereocenters. The summed E-state index contributed by atoms with van der Waals surface area (Å²) in [6.45, 7) is 6.57. The summed E-state index contributed by atoms with van der Waals surface area (Å²) in [5, 5.41) is 7.48. The first kappa shape index (κ1) is 7.35. The molecule has 1 rings (SSSR count). The number of aryl methyl sites for hydroxylation is 1. The van der Waals surface area contributed by atoms with Crippen molar-refractivity contribution in [1.82, 2.24) is 0 Å². The van der Waals surface area contributed by atoms with Crippen molar-refractivity contribution < 1.29 is 0 Å². The second-order valence-electron chi connectivity index (χ2n) is 2.14. The Morgan fingerprint density at radius 3 is 3.00 bits per heavy atom. The molecule has 1 nitrogen and oxygen atoms in total. The van der Waals surface area contributed by atoms with E-state index in [1.807, 2.05) is 6.08 Å². The molecule has 0 spiro atoms. The van der Waals surface area contributed by atoms with Gasteiger partial charge in [0, 0.05) is 17.6 Å². The van der Waals surface area contributed by atoms with E-state index < -0.39 is 0 Å². The van der Waals surface area contributed by atoms with Crippen LogP contribution in [0, 0.1) is 6.92 Å². The molecule has 0 aliphatic rings. The Morgan fingerprint density at radius 2 is 2.50 bits per heavy atom. The van der Waals surface area contributed by atoms with Gasteiger partial charge in [0.25, 0.3) is 0 Å². The number of rotatable bonds is 3. The fourth-order valence-electron chi connectivity index (χ4n) is 0.724. The molecule has 0 bridgehead atoms. The highest BCUT2D eigenvalue weighted by Gasteiger charge is 1.94. The van der Waals surface area contributed by atoms with Gasteiger partial charge < -0.3 is 5.32 Å². The minimum atomic E-state index is 0.845. The van der Waals surface area contributed by atoms with Gasteiger partial charge in [0.15, 0.2) is 0 Å². The van der Waals surface area contributed by atoms with E-state index >= 15 is 0 Å². The summed E-state index contributed by atoms with van der Waals surface area (Å²) in [7, 11) is 0. The second kappa shape index (κ2) is 3.42. The van der Waals surface area contributed by atoms with Crippen molar-refractivity contribution in [3.8, 4) is 0 Å². The van der Waals surface area contributed by atoms with Crippen LogP contribution in [0.5, 0.6) is 0 Å². The van der Waals surface area contributed by atoms with Crippen molar-refractivity contribution in [2.45, 2.75) is 6.92 Å². The number of nitrogens with one attached hydrogen (secondary N) is 1. The highest BCUT2D eigenvalue weighted by Crippen LogP contribution is 2.18. The first-order valence-electron chi connectivity index (χ1n) is 3.22. The van der Waals surface area contributed by atoms with Crippen LogP contribution >= 0.6 is 11.3 Å². The molecule has 0 aliphatic carbocycles. The monoisotopic (exact) mass is 153 g/mol. The van der Waals surface area contributed by atoms with Crippen LogP contribution in [0.15, 0.2) is 23.4 Å². The summed E-state index contributed by atoms with van der Waals surface area (Å²) in [6.07, 6.45) is 1.86. The lowest BCUT2D eigenvalue weighted by molar-refractivity contribution is 1.33. The quantitative estimate of drug-likeness (QED) is 0.658. The van der Waals surface area contributed by atoms with Gasteiger partial charge in [-0.3, -0.25) is 0 Å². The van der Waals surface area contributed by atoms with Crippen LogP contribution in [0.4, 0.5) is 5.69 Å². The van der Waals surface area contributed by atoms with E-state index in [1.54, 1.807) is 11.3 Å². The Bertz CT molecular complexity index is 215. The van der Waals surface area contributed by atoms with Crippen LogP contribution < -0.4 is 5.32 Å². The zero-order valence-corrected chi connectivity index (χ0v) is 6.87. The van der Waals surface area contributed by atoms with E-state index in [4.69, 9.17) is 0 Å². The third-order valence-electron chi connectivity index (χ3n) is 1.29. The number of hydrogen-bond donors (Lipinski definition) is 1. The summed E-state index contributed by atoms with van der Waals surface area (Å²) in [5.74, 6) is 0. The van der Waals surface area contributed by atoms with Crippen LogP contribution in [-0.4, -0.2) is 6.54 Å². The third-order valence-corrected chi connectivity index (χ3v) is 2.15. The maximum atomic E-state index is 3.63. The van der Waals surface area contributed by atoms with Gasteiger partial charge in [-0.05, 0) is 17.9 Å². The lowest BCUT2D eigenvalue weighted by atomic mass is 10.3. The van der Waals surface area contributed by atoms with E-state index in [2.05, 4.69) is 29.6 Å². The maximum Gasteiger partial charge on any atom is 0.0481 e. The maximum absolute atomic E-state index is 3.63. The van der Waals surface area contributed by atoms with Gasteiger partial charge in [-0.2, -0.15) is 0 Å². The second-order valence-corrected chi connectivity index (χ2v) is 2.88. The molecule has 0 amide bonds. The average molecular weight is 153 g/mol. The van der Waals surface area contributed by atoms with Crippen molar-refractivity contribution in [3.63, 3.8) is 0 Å². The van der Waals surface area contributed by atoms with Crippen LogP contribution in [0.25, 0.3) is 0 Å². The Balaban J connectivity index is 2.56. The van der Waals surface area contributed by atoms with Gasteiger partial charge in [-0.15, -0.1) is 17.9 Å². The zero-order valence-electron chi connectivity index (χ0n) is 6.05. The zero-order chi connectivity index (χ0) is 7.40. The summed E-state index contributed by atoms with van der Waals surface area (Å²) < 4.78 is 0. The van der Waals surface area contributed by atoms with Crippen LogP contribution in [0.3, 0.4) is 0 Å². The number of hydrogen-bond acceptors (Lipinski definition) is 2. The predicted octanol–water partition coefficient (Wildman–Crippen LogP) is 2.65. The lowest BCUT2D eigenvalue weighted by Gasteiger charge is -1.99. The fraction of sp³-hybridized carbons (Fsp3) is 0.250. The average Bonchev–Trinajstić information content (AvgIpc) is 2.31. The molecule has 1 aromatic heterocycles. The minimum absolute atomic E-state index is 0.845. The van der Waals surface area contributed by atoms with Gasteiger partial charge in [0.1, 0.15) is 0 Å². The van der Waals surface area contributed by atoms with Gasteiger partial charge in [0.05, 0.1) is 0 Å². The number of anilines is 1. The van der Waals surface area contributed by atoms with Crippen molar-refractivity contribution >= 4 is 17.0 Å². The highest BCUT2D eigenvalue weighted by molar-refractivity contribution is 7.08. The van der Waals surface area contributed by atoms with Crippen molar-refractivity contribution in [1.29, 1.82) is 0 Å². The largest absolute Gasteiger partial charge is 0.381 e. The van der Waals surface area contributed by atoms with Crippen molar-refractivity contribution in [2.75, 3.05) is 11.9 Å². The smallest absolute Gasteiger partial charge is 0.0481 e. The molecule has 0 fully saturated rings. The normalized spacial score (nSPS) is 9.30. The van der Waals surface area contributed by atoms with E-state index in [9.17, 15) is 0 Å². The third kappa shape index (κ3) is 1.61. The Labute approximate surface area is 65.4 Å². The molecule has 54 valence electrons. The van der Waals surface area contributed by atoms with E-state index in [0.717, 1.165) is 6.54 Å². The highest BCUT2D eigenvalue weighted by atomic mass is 32.1. The van der Waals surface area contributed by atoms with Crippen LogP contribution in [0.1, 0.15) is 5.56 Å². The first-order chi connectivity index (χ1) is 4.84. The molecular weight excluding hydrogens is 142 g/mol.